The van der Waals surface area contributed by atoms with E-state index in [0.717, 1.165) is 5.33 Å². The number of aryl methyl sites for hydroxylation is 1. The highest BCUT2D eigenvalue weighted by Crippen LogP contribution is 2.06. The molecule has 0 N–H and O–H groups in total. The van der Waals surface area contributed by atoms with Gasteiger partial charge in [0.05, 0.1) is 0 Å². The van der Waals surface area contributed by atoms with E-state index in [2.05, 4.69) is 58.1 Å². The van der Waals surface area contributed by atoms with E-state index in [4.69, 9.17) is 0 Å². The number of unbranched alkanes of at least 4 members (excludes halogenated alkanes) is 1. The summed E-state index contributed by atoms with van der Waals surface area (Å²) in [6.07, 6.45) is 5.08. The van der Waals surface area contributed by atoms with Crippen LogP contribution in [0, 0.1) is 0 Å². The van der Waals surface area contributed by atoms with Crippen LogP contribution in [0.1, 0.15) is 31.7 Å². The predicted octanol–water partition coefficient (Wildman–Crippen LogP) is 4.12. The summed E-state index contributed by atoms with van der Waals surface area (Å²) in [4.78, 5) is 2.56. The summed E-state index contributed by atoms with van der Waals surface area (Å²) in [6.45, 7) is 5.91. The van der Waals surface area contributed by atoms with Crippen molar-refractivity contribution in [1.29, 1.82) is 0 Å². The molecule has 0 aliphatic rings. The van der Waals surface area contributed by atoms with E-state index in [1.807, 2.05) is 0 Å². The van der Waals surface area contributed by atoms with E-state index in [1.54, 1.807) is 0 Å². The van der Waals surface area contributed by atoms with E-state index in [-0.39, 0.29) is 0 Å². The molecule has 0 fully saturated rings. The standard InChI is InChI=1S/C15H24BrN/c1-2-12-17(14-11-16)13-7-6-10-15-8-4-3-5-9-15/h3-5,8-9H,2,6-7,10-14H2,1H3. The summed E-state index contributed by atoms with van der Waals surface area (Å²) in [5.41, 5.74) is 1.47. The fraction of sp³-hybridized carbons (Fsp3) is 0.600. The second-order valence-corrected chi connectivity index (χ2v) is 5.27. The molecule has 0 radical (unpaired) electrons. The molecule has 0 saturated heterocycles. The quantitative estimate of drug-likeness (QED) is 0.490. The number of rotatable bonds is 9. The van der Waals surface area contributed by atoms with E-state index in [9.17, 15) is 0 Å². The van der Waals surface area contributed by atoms with Gasteiger partial charge in [0.15, 0.2) is 0 Å². The zero-order valence-corrected chi connectivity index (χ0v) is 12.5. The predicted molar refractivity (Wildman–Crippen MR) is 79.9 cm³/mol. The van der Waals surface area contributed by atoms with Gasteiger partial charge in [-0.05, 0) is 44.3 Å². The summed E-state index contributed by atoms with van der Waals surface area (Å²) in [5, 5.41) is 1.09. The summed E-state index contributed by atoms with van der Waals surface area (Å²) < 4.78 is 0. The molecule has 0 aliphatic heterocycles. The van der Waals surface area contributed by atoms with Crippen molar-refractivity contribution in [2.24, 2.45) is 0 Å². The van der Waals surface area contributed by atoms with Gasteiger partial charge in [0.25, 0.3) is 0 Å². The Morgan fingerprint density at radius 2 is 1.76 bits per heavy atom. The number of nitrogens with zero attached hydrogens (tertiary/aromatic N) is 1. The molecule has 2 heteroatoms. The molecule has 0 aromatic heterocycles. The van der Waals surface area contributed by atoms with Gasteiger partial charge in [-0.1, -0.05) is 53.2 Å². The van der Waals surface area contributed by atoms with Crippen molar-refractivity contribution in [2.75, 3.05) is 25.0 Å². The molecule has 0 saturated carbocycles. The smallest absolute Gasteiger partial charge is 0.0159 e. The van der Waals surface area contributed by atoms with Crippen molar-refractivity contribution < 1.29 is 0 Å². The van der Waals surface area contributed by atoms with Crippen LogP contribution in [0.5, 0.6) is 0 Å². The van der Waals surface area contributed by atoms with Crippen LogP contribution in [-0.2, 0) is 6.42 Å². The van der Waals surface area contributed by atoms with Crippen LogP contribution in [0.15, 0.2) is 30.3 Å². The number of benzene rings is 1. The van der Waals surface area contributed by atoms with Gasteiger partial charge in [0, 0.05) is 11.9 Å². The molecule has 0 atom stereocenters. The van der Waals surface area contributed by atoms with Gasteiger partial charge in [-0.3, -0.25) is 0 Å². The second kappa shape index (κ2) is 9.67. The van der Waals surface area contributed by atoms with Crippen molar-refractivity contribution in [1.82, 2.24) is 4.90 Å². The molecule has 0 bridgehead atoms. The Morgan fingerprint density at radius 3 is 2.41 bits per heavy atom. The monoisotopic (exact) mass is 297 g/mol. The Bertz CT molecular complexity index is 268. The van der Waals surface area contributed by atoms with Crippen LogP contribution >= 0.6 is 15.9 Å². The van der Waals surface area contributed by atoms with Gasteiger partial charge < -0.3 is 4.90 Å². The maximum Gasteiger partial charge on any atom is 0.0159 e. The van der Waals surface area contributed by atoms with Crippen LogP contribution in [0.4, 0.5) is 0 Å². The average Bonchev–Trinajstić information content (AvgIpc) is 2.36. The minimum Gasteiger partial charge on any atom is -0.303 e. The lowest BCUT2D eigenvalue weighted by molar-refractivity contribution is 0.285. The molecule has 0 amide bonds. The Balaban J connectivity index is 2.13. The summed E-state index contributed by atoms with van der Waals surface area (Å²) >= 11 is 3.52. The highest BCUT2D eigenvalue weighted by Gasteiger charge is 2.02. The molecule has 17 heavy (non-hydrogen) atoms. The average molecular weight is 298 g/mol. The highest BCUT2D eigenvalue weighted by molar-refractivity contribution is 9.09. The minimum atomic E-state index is 1.09. The molecule has 0 spiro atoms. The Kier molecular flexibility index (Phi) is 8.37. The first-order valence-electron chi connectivity index (χ1n) is 6.69. The third-order valence-corrected chi connectivity index (χ3v) is 3.33. The Hall–Kier alpha value is -0.340. The van der Waals surface area contributed by atoms with Crippen molar-refractivity contribution >= 4 is 15.9 Å². The highest BCUT2D eigenvalue weighted by atomic mass is 79.9. The lowest BCUT2D eigenvalue weighted by Gasteiger charge is -2.20. The fourth-order valence-electron chi connectivity index (χ4n) is 2.08. The van der Waals surface area contributed by atoms with Gasteiger partial charge in [0.1, 0.15) is 0 Å². The number of hydrogen-bond donors (Lipinski definition) is 0. The largest absolute Gasteiger partial charge is 0.303 e. The first-order valence-corrected chi connectivity index (χ1v) is 7.81. The van der Waals surface area contributed by atoms with Gasteiger partial charge in [-0.15, -0.1) is 0 Å². The molecular formula is C15H24BrN. The summed E-state index contributed by atoms with van der Waals surface area (Å²) in [6, 6.07) is 10.8. The summed E-state index contributed by atoms with van der Waals surface area (Å²) in [7, 11) is 0. The molecule has 0 unspecified atom stereocenters. The molecule has 1 nitrogen and oxygen atoms in total. The number of hydrogen-bond acceptors (Lipinski definition) is 1. The van der Waals surface area contributed by atoms with Crippen molar-refractivity contribution in [3.8, 4) is 0 Å². The zero-order valence-electron chi connectivity index (χ0n) is 10.9. The van der Waals surface area contributed by atoms with E-state index in [0.29, 0.717) is 0 Å². The summed E-state index contributed by atoms with van der Waals surface area (Å²) in [5.74, 6) is 0. The van der Waals surface area contributed by atoms with Crippen LogP contribution in [0.2, 0.25) is 0 Å². The lowest BCUT2D eigenvalue weighted by atomic mass is 10.1. The molecule has 1 aromatic rings. The molecular weight excluding hydrogens is 274 g/mol. The minimum absolute atomic E-state index is 1.09. The molecule has 0 aliphatic carbocycles. The second-order valence-electron chi connectivity index (χ2n) is 4.47. The van der Waals surface area contributed by atoms with E-state index < -0.39 is 0 Å². The SMILES string of the molecule is CCCN(CCBr)CCCCc1ccccc1. The maximum atomic E-state index is 3.52. The molecule has 0 heterocycles. The van der Waals surface area contributed by atoms with Crippen LogP contribution in [0.3, 0.4) is 0 Å². The number of halogens is 1. The van der Waals surface area contributed by atoms with Crippen LogP contribution in [0.25, 0.3) is 0 Å². The fourth-order valence-corrected chi connectivity index (χ4v) is 2.58. The van der Waals surface area contributed by atoms with Gasteiger partial charge in [0.2, 0.25) is 0 Å². The Morgan fingerprint density at radius 1 is 1.00 bits per heavy atom. The normalized spacial score (nSPS) is 11.0. The van der Waals surface area contributed by atoms with Crippen molar-refractivity contribution in [3.63, 3.8) is 0 Å². The van der Waals surface area contributed by atoms with Gasteiger partial charge in [-0.25, -0.2) is 0 Å². The maximum absolute atomic E-state index is 3.52. The van der Waals surface area contributed by atoms with E-state index in [1.165, 1.54) is 50.9 Å². The molecule has 1 aromatic carbocycles. The first kappa shape index (κ1) is 14.7. The topological polar surface area (TPSA) is 3.24 Å². The number of alkyl halides is 1. The third kappa shape index (κ3) is 6.85. The third-order valence-electron chi connectivity index (χ3n) is 2.97. The van der Waals surface area contributed by atoms with E-state index >= 15 is 0 Å². The molecule has 1 rings (SSSR count). The van der Waals surface area contributed by atoms with Gasteiger partial charge >= 0.3 is 0 Å². The van der Waals surface area contributed by atoms with Crippen molar-refractivity contribution in [2.45, 2.75) is 32.6 Å². The zero-order chi connectivity index (χ0) is 12.3. The van der Waals surface area contributed by atoms with Crippen molar-refractivity contribution in [3.05, 3.63) is 35.9 Å². The Labute approximate surface area is 114 Å². The first-order chi connectivity index (χ1) is 8.36. The van der Waals surface area contributed by atoms with Crippen LogP contribution < -0.4 is 0 Å². The van der Waals surface area contributed by atoms with Crippen LogP contribution in [-0.4, -0.2) is 29.9 Å². The lowest BCUT2D eigenvalue weighted by Crippen LogP contribution is -2.27. The molecule has 96 valence electrons. The van der Waals surface area contributed by atoms with Gasteiger partial charge in [-0.2, -0.15) is 0 Å².